The molecule has 0 heterocycles. The van der Waals surface area contributed by atoms with Gasteiger partial charge in [0.05, 0.1) is 16.5 Å². The maximum Gasteiger partial charge on any atom is 0.146 e. The number of halogens is 2. The molecular formula is C12H11BrFNO. The molecule has 0 aliphatic carbocycles. The minimum Gasteiger partial charge on any atom is -0.298 e. The van der Waals surface area contributed by atoms with Crippen molar-refractivity contribution in [2.75, 3.05) is 0 Å². The molecular weight excluding hydrogens is 273 g/mol. The second kappa shape index (κ2) is 5.76. The molecule has 2 nitrogen and oxygen atoms in total. The summed E-state index contributed by atoms with van der Waals surface area (Å²) in [5.74, 6) is -0.360. The summed E-state index contributed by atoms with van der Waals surface area (Å²) in [5, 5.41) is 8.83. The Kier molecular flexibility index (Phi) is 4.63. The minimum atomic E-state index is -0.437. The Morgan fingerprint density at radius 1 is 1.62 bits per heavy atom. The van der Waals surface area contributed by atoms with Crippen LogP contribution in [0.1, 0.15) is 24.5 Å². The Hall–Kier alpha value is -1.21. The number of rotatable bonds is 4. The molecule has 1 atom stereocenters. The number of ketones is 1. The van der Waals surface area contributed by atoms with Gasteiger partial charge in [-0.05, 0) is 24.1 Å². The number of nitrogens with zero attached hydrogens (tertiary/aromatic N) is 1. The Balaban J connectivity index is 2.90. The summed E-state index contributed by atoms with van der Waals surface area (Å²) in [7, 11) is 0. The van der Waals surface area contributed by atoms with Crippen LogP contribution >= 0.6 is 15.9 Å². The molecule has 84 valence electrons. The molecule has 0 bridgehead atoms. The number of hydrogen-bond donors (Lipinski definition) is 0. The predicted octanol–water partition coefficient (Wildman–Crippen LogP) is 2.98. The lowest BCUT2D eigenvalue weighted by Gasteiger charge is -2.08. The molecule has 16 heavy (non-hydrogen) atoms. The van der Waals surface area contributed by atoms with Gasteiger partial charge in [-0.15, -0.1) is 0 Å². The number of hydrogen-bond acceptors (Lipinski definition) is 2. The monoisotopic (exact) mass is 283 g/mol. The molecule has 0 aliphatic heterocycles. The fourth-order valence-corrected chi connectivity index (χ4v) is 2.03. The summed E-state index contributed by atoms with van der Waals surface area (Å²) < 4.78 is 12.9. The van der Waals surface area contributed by atoms with Crippen molar-refractivity contribution in [1.82, 2.24) is 0 Å². The van der Waals surface area contributed by atoms with Crippen molar-refractivity contribution in [2.24, 2.45) is 0 Å². The van der Waals surface area contributed by atoms with Gasteiger partial charge in [-0.25, -0.2) is 4.39 Å². The molecule has 0 spiro atoms. The highest BCUT2D eigenvalue weighted by Crippen LogP contribution is 2.17. The third-order valence-electron chi connectivity index (χ3n) is 2.29. The highest BCUT2D eigenvalue weighted by Gasteiger charge is 2.15. The molecule has 0 aliphatic rings. The van der Waals surface area contributed by atoms with Crippen LogP contribution in [0.5, 0.6) is 0 Å². The molecule has 0 saturated carbocycles. The molecule has 4 heteroatoms. The lowest BCUT2D eigenvalue weighted by molar-refractivity contribution is -0.118. The second-order valence-electron chi connectivity index (χ2n) is 3.40. The minimum absolute atomic E-state index is 0.0771. The predicted molar refractivity (Wildman–Crippen MR) is 62.8 cm³/mol. The first kappa shape index (κ1) is 12.9. The largest absolute Gasteiger partial charge is 0.298 e. The average Bonchev–Trinajstić information content (AvgIpc) is 2.30. The zero-order valence-electron chi connectivity index (χ0n) is 8.84. The van der Waals surface area contributed by atoms with Crippen LogP contribution in [0.3, 0.4) is 0 Å². The molecule has 0 saturated heterocycles. The van der Waals surface area contributed by atoms with Gasteiger partial charge in [0.15, 0.2) is 0 Å². The lowest BCUT2D eigenvalue weighted by atomic mass is 10.0. The number of carbonyl (C=O) groups excluding carboxylic acids is 1. The number of carbonyl (C=O) groups is 1. The summed E-state index contributed by atoms with van der Waals surface area (Å²) in [6.45, 7) is 1.78. The van der Waals surface area contributed by atoms with E-state index in [-0.39, 0.29) is 16.2 Å². The van der Waals surface area contributed by atoms with Crippen LogP contribution in [0, 0.1) is 17.1 Å². The van der Waals surface area contributed by atoms with Crippen LogP contribution in [0.4, 0.5) is 4.39 Å². The van der Waals surface area contributed by atoms with E-state index < -0.39 is 5.82 Å². The average molecular weight is 284 g/mol. The van der Waals surface area contributed by atoms with Crippen LogP contribution in [0.25, 0.3) is 0 Å². The van der Waals surface area contributed by atoms with Crippen molar-refractivity contribution in [3.8, 4) is 6.07 Å². The first-order valence-electron chi connectivity index (χ1n) is 4.93. The Bertz CT molecular complexity index is 439. The molecule has 0 N–H and O–H groups in total. The molecule has 1 aromatic rings. The lowest BCUT2D eigenvalue weighted by Crippen LogP contribution is -2.16. The van der Waals surface area contributed by atoms with Gasteiger partial charge < -0.3 is 0 Å². The van der Waals surface area contributed by atoms with Gasteiger partial charge in [0.2, 0.25) is 0 Å². The van der Waals surface area contributed by atoms with Crippen molar-refractivity contribution in [1.29, 1.82) is 5.26 Å². The maximum atomic E-state index is 12.9. The highest BCUT2D eigenvalue weighted by molar-refractivity contribution is 9.10. The summed E-state index contributed by atoms with van der Waals surface area (Å²) in [5.41, 5.74) is 0.973. The van der Waals surface area contributed by atoms with E-state index in [0.29, 0.717) is 18.4 Å². The first-order chi connectivity index (χ1) is 7.58. The fraction of sp³-hybridized carbons (Fsp3) is 0.333. The Morgan fingerprint density at radius 3 is 2.88 bits per heavy atom. The summed E-state index contributed by atoms with van der Waals surface area (Å²) in [4.78, 5) is 11.1. The fourth-order valence-electron chi connectivity index (χ4n) is 1.36. The van der Waals surface area contributed by atoms with Gasteiger partial charge in [-0.2, -0.15) is 5.26 Å². The van der Waals surface area contributed by atoms with Crippen LogP contribution < -0.4 is 0 Å². The zero-order chi connectivity index (χ0) is 12.1. The van der Waals surface area contributed by atoms with Gasteiger partial charge in [-0.1, -0.05) is 28.9 Å². The quantitative estimate of drug-likeness (QED) is 0.797. The van der Waals surface area contributed by atoms with E-state index in [4.69, 9.17) is 5.26 Å². The molecule has 0 radical (unpaired) electrons. The molecule has 1 aromatic carbocycles. The third kappa shape index (κ3) is 3.14. The van der Waals surface area contributed by atoms with Gasteiger partial charge in [-0.3, -0.25) is 4.79 Å². The van der Waals surface area contributed by atoms with E-state index in [1.54, 1.807) is 13.0 Å². The van der Waals surface area contributed by atoms with Gasteiger partial charge in [0.1, 0.15) is 11.6 Å². The normalized spacial score (nSPS) is 11.9. The van der Waals surface area contributed by atoms with Crippen LogP contribution in [-0.4, -0.2) is 10.6 Å². The summed E-state index contributed by atoms with van der Waals surface area (Å²) in [6.07, 6.45) is 0.856. The first-order valence-corrected chi connectivity index (χ1v) is 5.85. The van der Waals surface area contributed by atoms with Crippen molar-refractivity contribution >= 4 is 21.7 Å². The molecule has 0 amide bonds. The second-order valence-corrected chi connectivity index (χ2v) is 4.51. The van der Waals surface area contributed by atoms with E-state index in [2.05, 4.69) is 15.9 Å². The van der Waals surface area contributed by atoms with E-state index >= 15 is 0 Å². The standard InChI is InChI=1S/C12H11BrFNO/c1-2-12(16)11(13)6-8-3-4-10(14)5-9(8)7-15/h3-5,11H,2,6H2,1H3. The van der Waals surface area contributed by atoms with Crippen LogP contribution in [0.2, 0.25) is 0 Å². The smallest absolute Gasteiger partial charge is 0.146 e. The zero-order valence-corrected chi connectivity index (χ0v) is 10.4. The Labute approximate surface area is 102 Å². The van der Waals surface area contributed by atoms with E-state index in [1.165, 1.54) is 12.1 Å². The molecule has 1 rings (SSSR count). The van der Waals surface area contributed by atoms with Crippen molar-refractivity contribution in [3.63, 3.8) is 0 Å². The van der Waals surface area contributed by atoms with Crippen LogP contribution in [-0.2, 0) is 11.2 Å². The molecule has 0 aromatic heterocycles. The van der Waals surface area contributed by atoms with Crippen molar-refractivity contribution in [3.05, 3.63) is 35.1 Å². The number of Topliss-reactive ketones (excluding diaryl/α,β-unsaturated/α-hetero) is 1. The molecule has 1 unspecified atom stereocenters. The van der Waals surface area contributed by atoms with E-state index in [0.717, 1.165) is 0 Å². The molecule has 0 fully saturated rings. The number of benzene rings is 1. The highest BCUT2D eigenvalue weighted by atomic mass is 79.9. The Morgan fingerprint density at radius 2 is 2.31 bits per heavy atom. The van der Waals surface area contributed by atoms with Crippen LogP contribution in [0.15, 0.2) is 18.2 Å². The van der Waals surface area contributed by atoms with E-state index in [1.807, 2.05) is 6.07 Å². The van der Waals surface area contributed by atoms with E-state index in [9.17, 15) is 9.18 Å². The van der Waals surface area contributed by atoms with Crippen molar-refractivity contribution < 1.29 is 9.18 Å². The third-order valence-corrected chi connectivity index (χ3v) is 3.12. The van der Waals surface area contributed by atoms with Gasteiger partial charge in [0, 0.05) is 6.42 Å². The summed E-state index contributed by atoms with van der Waals surface area (Å²) >= 11 is 3.27. The van der Waals surface area contributed by atoms with Crippen molar-refractivity contribution in [2.45, 2.75) is 24.6 Å². The number of alkyl halides is 1. The van der Waals surface area contributed by atoms with Gasteiger partial charge in [0.25, 0.3) is 0 Å². The summed E-state index contributed by atoms with van der Waals surface area (Å²) in [6, 6.07) is 5.96. The number of nitriles is 1. The maximum absolute atomic E-state index is 12.9. The topological polar surface area (TPSA) is 40.9 Å². The van der Waals surface area contributed by atoms with Gasteiger partial charge >= 0.3 is 0 Å². The SMILES string of the molecule is CCC(=O)C(Br)Cc1ccc(F)cc1C#N.